The van der Waals surface area contributed by atoms with Crippen molar-refractivity contribution in [2.45, 2.75) is 39.0 Å². The van der Waals surface area contributed by atoms with Gasteiger partial charge in [0, 0.05) is 5.92 Å². The van der Waals surface area contributed by atoms with Gasteiger partial charge in [-0.05, 0) is 58.4 Å². The van der Waals surface area contributed by atoms with E-state index in [9.17, 15) is 0 Å². The number of fused-ring (bicyclic) bond motifs is 1. The van der Waals surface area contributed by atoms with Crippen LogP contribution in [0.5, 0.6) is 0 Å². The summed E-state index contributed by atoms with van der Waals surface area (Å²) in [5.74, 6) is 0.392. The molecule has 0 spiro atoms. The van der Waals surface area contributed by atoms with Crippen LogP contribution in [-0.2, 0) is 10.2 Å². The SMILES string of the molecule is Cc1cc(-n2nc3ccc(-c4ccccc4)cc3n2)c(C2COC2)c(C(C)(C)C)c1. The second kappa shape index (κ2) is 7.06. The van der Waals surface area contributed by atoms with Crippen molar-refractivity contribution in [1.29, 1.82) is 0 Å². The highest BCUT2D eigenvalue weighted by Crippen LogP contribution is 2.38. The average molecular weight is 398 g/mol. The monoisotopic (exact) mass is 397 g/mol. The fourth-order valence-corrected chi connectivity index (χ4v) is 4.23. The quantitative estimate of drug-likeness (QED) is 0.438. The molecule has 0 unspecified atom stereocenters. The van der Waals surface area contributed by atoms with Gasteiger partial charge in [-0.2, -0.15) is 4.80 Å². The predicted octanol–water partition coefficient (Wildman–Crippen LogP) is 5.81. The van der Waals surface area contributed by atoms with Gasteiger partial charge in [-0.3, -0.25) is 0 Å². The van der Waals surface area contributed by atoms with E-state index in [-0.39, 0.29) is 5.41 Å². The van der Waals surface area contributed by atoms with E-state index in [1.54, 1.807) is 0 Å². The lowest BCUT2D eigenvalue weighted by Crippen LogP contribution is -2.30. The molecule has 1 fully saturated rings. The van der Waals surface area contributed by atoms with Gasteiger partial charge in [0.25, 0.3) is 0 Å². The third-order valence-electron chi connectivity index (χ3n) is 5.86. The van der Waals surface area contributed by atoms with E-state index >= 15 is 0 Å². The fourth-order valence-electron chi connectivity index (χ4n) is 4.23. The van der Waals surface area contributed by atoms with Crippen LogP contribution in [0.2, 0.25) is 0 Å². The zero-order valence-corrected chi connectivity index (χ0v) is 18.0. The van der Waals surface area contributed by atoms with Crippen LogP contribution in [0.4, 0.5) is 0 Å². The Morgan fingerprint density at radius 1 is 0.867 bits per heavy atom. The molecule has 152 valence electrons. The van der Waals surface area contributed by atoms with E-state index in [1.165, 1.54) is 22.3 Å². The summed E-state index contributed by atoms with van der Waals surface area (Å²) in [6, 6.07) is 21.2. The standard InChI is InChI=1S/C26H27N3O/c1-17-12-21(26(2,3)4)25(20-15-30-16-20)24(13-17)29-27-22-11-10-19(14-23(22)28-29)18-8-6-5-7-9-18/h5-14,20H,15-16H2,1-4H3. The summed E-state index contributed by atoms with van der Waals surface area (Å²) in [7, 11) is 0. The molecular formula is C26H27N3O. The van der Waals surface area contributed by atoms with Crippen LogP contribution in [0.1, 0.15) is 43.4 Å². The topological polar surface area (TPSA) is 39.9 Å². The molecular weight excluding hydrogens is 370 g/mol. The van der Waals surface area contributed by atoms with Gasteiger partial charge in [0.15, 0.2) is 0 Å². The third-order valence-corrected chi connectivity index (χ3v) is 5.86. The summed E-state index contributed by atoms with van der Waals surface area (Å²) in [4.78, 5) is 1.83. The number of benzene rings is 3. The normalized spacial score (nSPS) is 14.8. The molecule has 0 aliphatic carbocycles. The molecule has 4 nitrogen and oxygen atoms in total. The lowest BCUT2D eigenvalue weighted by atomic mass is 9.78. The lowest BCUT2D eigenvalue weighted by Gasteiger charge is -2.34. The Balaban J connectivity index is 1.67. The van der Waals surface area contributed by atoms with Crippen LogP contribution in [0.15, 0.2) is 60.7 Å². The number of rotatable bonds is 3. The number of aromatic nitrogens is 3. The first-order valence-corrected chi connectivity index (χ1v) is 10.6. The molecule has 0 amide bonds. The minimum Gasteiger partial charge on any atom is -0.380 e. The first-order valence-electron chi connectivity index (χ1n) is 10.6. The first-order chi connectivity index (χ1) is 14.4. The number of hydrogen-bond acceptors (Lipinski definition) is 3. The van der Waals surface area contributed by atoms with Crippen molar-refractivity contribution < 1.29 is 4.74 Å². The second-order valence-corrected chi connectivity index (χ2v) is 9.29. The molecule has 1 aliphatic heterocycles. The number of nitrogens with zero attached hydrogens (tertiary/aromatic N) is 3. The maximum absolute atomic E-state index is 5.55. The molecule has 0 radical (unpaired) electrons. The van der Waals surface area contributed by atoms with Crippen molar-refractivity contribution in [2.75, 3.05) is 13.2 Å². The Labute approximate surface area is 177 Å². The Morgan fingerprint density at radius 2 is 1.60 bits per heavy atom. The van der Waals surface area contributed by atoms with Crippen LogP contribution in [-0.4, -0.2) is 28.2 Å². The van der Waals surface area contributed by atoms with Gasteiger partial charge < -0.3 is 4.74 Å². The van der Waals surface area contributed by atoms with Crippen molar-refractivity contribution >= 4 is 11.0 Å². The maximum atomic E-state index is 5.55. The number of aryl methyl sites for hydroxylation is 1. The van der Waals surface area contributed by atoms with Crippen LogP contribution < -0.4 is 0 Å². The van der Waals surface area contributed by atoms with E-state index in [4.69, 9.17) is 14.9 Å². The molecule has 2 heterocycles. The summed E-state index contributed by atoms with van der Waals surface area (Å²) < 4.78 is 5.55. The van der Waals surface area contributed by atoms with Crippen molar-refractivity contribution in [3.63, 3.8) is 0 Å². The van der Waals surface area contributed by atoms with Crippen molar-refractivity contribution in [3.05, 3.63) is 77.4 Å². The summed E-state index contributed by atoms with van der Waals surface area (Å²) in [6.45, 7) is 10.5. The van der Waals surface area contributed by atoms with Gasteiger partial charge in [-0.15, -0.1) is 10.2 Å². The van der Waals surface area contributed by atoms with Crippen molar-refractivity contribution in [2.24, 2.45) is 0 Å². The van der Waals surface area contributed by atoms with E-state index in [2.05, 4.69) is 82.3 Å². The van der Waals surface area contributed by atoms with Gasteiger partial charge >= 0.3 is 0 Å². The molecule has 3 aromatic carbocycles. The first kappa shape index (κ1) is 19.0. The molecule has 4 aromatic rings. The highest BCUT2D eigenvalue weighted by Gasteiger charge is 2.31. The average Bonchev–Trinajstić information content (AvgIpc) is 3.10. The van der Waals surface area contributed by atoms with E-state index in [0.29, 0.717) is 5.92 Å². The van der Waals surface area contributed by atoms with Gasteiger partial charge in [0.2, 0.25) is 0 Å². The summed E-state index contributed by atoms with van der Waals surface area (Å²) in [5, 5.41) is 9.75. The molecule has 30 heavy (non-hydrogen) atoms. The maximum Gasteiger partial charge on any atom is 0.114 e. The minimum atomic E-state index is 0.0404. The van der Waals surface area contributed by atoms with E-state index in [0.717, 1.165) is 35.5 Å². The molecule has 0 atom stereocenters. The molecule has 1 aromatic heterocycles. The van der Waals surface area contributed by atoms with Crippen molar-refractivity contribution in [1.82, 2.24) is 15.0 Å². The number of ether oxygens (including phenoxy) is 1. The zero-order valence-electron chi connectivity index (χ0n) is 18.0. The Bertz CT molecular complexity index is 1210. The van der Waals surface area contributed by atoms with E-state index in [1.807, 2.05) is 10.9 Å². The molecule has 5 rings (SSSR count). The molecule has 1 saturated heterocycles. The van der Waals surface area contributed by atoms with Crippen LogP contribution in [0, 0.1) is 6.92 Å². The Kier molecular flexibility index (Phi) is 4.48. The van der Waals surface area contributed by atoms with Gasteiger partial charge in [-0.1, -0.05) is 63.2 Å². The van der Waals surface area contributed by atoms with Gasteiger partial charge in [0.05, 0.1) is 18.9 Å². The predicted molar refractivity (Wildman–Crippen MR) is 121 cm³/mol. The van der Waals surface area contributed by atoms with Crippen LogP contribution >= 0.6 is 0 Å². The highest BCUT2D eigenvalue weighted by atomic mass is 16.5. The second-order valence-electron chi connectivity index (χ2n) is 9.29. The van der Waals surface area contributed by atoms with Crippen LogP contribution in [0.25, 0.3) is 27.8 Å². The Morgan fingerprint density at radius 3 is 2.27 bits per heavy atom. The largest absolute Gasteiger partial charge is 0.380 e. The smallest absolute Gasteiger partial charge is 0.114 e. The molecule has 0 saturated carbocycles. The lowest BCUT2D eigenvalue weighted by molar-refractivity contribution is 0.00769. The molecule has 0 N–H and O–H groups in total. The summed E-state index contributed by atoms with van der Waals surface area (Å²) in [6.07, 6.45) is 0. The van der Waals surface area contributed by atoms with Crippen LogP contribution in [0.3, 0.4) is 0 Å². The Hall–Kier alpha value is -2.98. The van der Waals surface area contributed by atoms with Crippen molar-refractivity contribution in [3.8, 4) is 16.8 Å². The minimum absolute atomic E-state index is 0.0404. The fraction of sp³-hybridized carbons (Fsp3) is 0.308. The summed E-state index contributed by atoms with van der Waals surface area (Å²) in [5.41, 5.74) is 9.18. The van der Waals surface area contributed by atoms with Gasteiger partial charge in [0.1, 0.15) is 11.0 Å². The molecule has 1 aliphatic rings. The summed E-state index contributed by atoms with van der Waals surface area (Å²) >= 11 is 0. The molecule has 4 heteroatoms. The number of hydrogen-bond donors (Lipinski definition) is 0. The van der Waals surface area contributed by atoms with Gasteiger partial charge in [-0.25, -0.2) is 0 Å². The zero-order chi connectivity index (χ0) is 20.9. The highest BCUT2D eigenvalue weighted by molar-refractivity contribution is 5.81. The molecule has 0 bridgehead atoms. The van der Waals surface area contributed by atoms with E-state index < -0.39 is 0 Å². The third kappa shape index (κ3) is 3.31.